The number of rotatable bonds is 5. The molecular weight excluding hydrogens is 406 g/mol. The van der Waals surface area contributed by atoms with E-state index in [1.54, 1.807) is 0 Å². The Labute approximate surface area is 166 Å². The van der Waals surface area contributed by atoms with Crippen LogP contribution in [0, 0.1) is 0 Å². The number of aromatic carboxylic acids is 1. The van der Waals surface area contributed by atoms with Crippen LogP contribution < -0.4 is 10.3 Å². The second-order valence-corrected chi connectivity index (χ2v) is 9.39. The molecule has 0 unspecified atom stereocenters. The molecule has 148 valence electrons. The molecule has 7 nitrogen and oxygen atoms in total. The van der Waals surface area contributed by atoms with Crippen molar-refractivity contribution in [1.29, 1.82) is 0 Å². The summed E-state index contributed by atoms with van der Waals surface area (Å²) in [7, 11) is -3.74. The molecule has 2 aromatic rings. The number of sulfone groups is 1. The topological polar surface area (TPSA) is 103 Å². The normalized spacial score (nSPS) is 16.9. The number of nitrogens with zero attached hydrogens (tertiary/aromatic N) is 1. The second kappa shape index (κ2) is 6.63. The Morgan fingerprint density at radius 3 is 2.64 bits per heavy atom. The zero-order valence-electron chi connectivity index (χ0n) is 15.1. The summed E-state index contributed by atoms with van der Waals surface area (Å²) < 4.78 is 32.8. The van der Waals surface area contributed by atoms with Crippen molar-refractivity contribution in [3.63, 3.8) is 0 Å². The van der Waals surface area contributed by atoms with Crippen molar-refractivity contribution in [3.05, 3.63) is 44.7 Å². The molecule has 1 fully saturated rings. The predicted octanol–water partition coefficient (Wildman–Crippen LogP) is 3.28. The minimum atomic E-state index is -3.74. The summed E-state index contributed by atoms with van der Waals surface area (Å²) in [6.45, 7) is 2.32. The average molecular weight is 424 g/mol. The number of fused-ring (bicyclic) bond motifs is 3. The van der Waals surface area contributed by atoms with Crippen LogP contribution >= 0.6 is 11.6 Å². The van der Waals surface area contributed by atoms with Crippen molar-refractivity contribution in [2.24, 2.45) is 0 Å². The number of hydrogen-bond donors (Lipinski definition) is 1. The van der Waals surface area contributed by atoms with Gasteiger partial charge in [0, 0.05) is 17.7 Å². The standard InChI is InChI=1S/C19H18ClNO6S/c1-2-5-27-15-8-16-12(7-14(15)20)17-10(9-28(16,25)26)6-13(19(23)24)18(22)21(17)11-3-4-11/h6-8,11H,2-5,9H2,1H3,(H,23,24). The Hall–Kier alpha value is -2.32. The van der Waals surface area contributed by atoms with Crippen LogP contribution in [0.3, 0.4) is 0 Å². The quantitative estimate of drug-likeness (QED) is 0.791. The predicted molar refractivity (Wildman–Crippen MR) is 103 cm³/mol. The van der Waals surface area contributed by atoms with Gasteiger partial charge in [0.25, 0.3) is 5.56 Å². The van der Waals surface area contributed by atoms with E-state index in [0.29, 0.717) is 23.4 Å². The van der Waals surface area contributed by atoms with E-state index < -0.39 is 26.9 Å². The highest BCUT2D eigenvalue weighted by Gasteiger charge is 2.37. The molecule has 1 N–H and O–H groups in total. The first kappa shape index (κ1) is 19.0. The number of benzene rings is 1. The first-order valence-electron chi connectivity index (χ1n) is 8.95. The minimum absolute atomic E-state index is 0.0485. The Morgan fingerprint density at radius 2 is 2.04 bits per heavy atom. The smallest absolute Gasteiger partial charge is 0.341 e. The van der Waals surface area contributed by atoms with Crippen molar-refractivity contribution in [3.8, 4) is 17.0 Å². The van der Waals surface area contributed by atoms with Crippen molar-refractivity contribution in [2.75, 3.05) is 6.61 Å². The number of aromatic nitrogens is 1. The van der Waals surface area contributed by atoms with Gasteiger partial charge < -0.3 is 14.4 Å². The lowest BCUT2D eigenvalue weighted by atomic mass is 10.0. The maximum absolute atomic E-state index is 12.9. The van der Waals surface area contributed by atoms with E-state index in [0.717, 1.165) is 19.3 Å². The monoisotopic (exact) mass is 423 g/mol. The van der Waals surface area contributed by atoms with Crippen molar-refractivity contribution >= 4 is 27.4 Å². The summed E-state index contributed by atoms with van der Waals surface area (Å²) in [4.78, 5) is 24.4. The fourth-order valence-corrected chi connectivity index (χ4v) is 5.30. The van der Waals surface area contributed by atoms with Crippen LogP contribution in [0.2, 0.25) is 5.02 Å². The van der Waals surface area contributed by atoms with Crippen molar-refractivity contribution in [2.45, 2.75) is 42.9 Å². The number of carboxylic acid groups (broad SMARTS) is 1. The summed E-state index contributed by atoms with van der Waals surface area (Å²) in [5.74, 6) is -1.47. The van der Waals surface area contributed by atoms with E-state index in [2.05, 4.69) is 0 Å². The van der Waals surface area contributed by atoms with Crippen LogP contribution in [0.4, 0.5) is 0 Å². The molecule has 9 heteroatoms. The average Bonchev–Trinajstić information content (AvgIpc) is 3.44. The molecule has 0 saturated heterocycles. The third-order valence-corrected chi connectivity index (χ3v) is 6.88. The Morgan fingerprint density at radius 1 is 1.32 bits per heavy atom. The fraction of sp³-hybridized carbons (Fsp3) is 0.368. The van der Waals surface area contributed by atoms with Crippen molar-refractivity contribution < 1.29 is 23.1 Å². The van der Waals surface area contributed by atoms with Crippen LogP contribution in [-0.2, 0) is 15.6 Å². The molecule has 2 aliphatic rings. The molecule has 2 heterocycles. The Bertz CT molecular complexity index is 1160. The Balaban J connectivity index is 2.03. The van der Waals surface area contributed by atoms with Gasteiger partial charge in [-0.25, -0.2) is 13.2 Å². The second-order valence-electron chi connectivity index (χ2n) is 7.03. The van der Waals surface area contributed by atoms with Crippen LogP contribution in [0.15, 0.2) is 27.9 Å². The van der Waals surface area contributed by atoms with Gasteiger partial charge in [-0.2, -0.15) is 0 Å². The van der Waals surface area contributed by atoms with Gasteiger partial charge in [0.2, 0.25) is 0 Å². The van der Waals surface area contributed by atoms with Gasteiger partial charge in [0.1, 0.15) is 11.3 Å². The maximum Gasteiger partial charge on any atom is 0.341 e. The Kier molecular flexibility index (Phi) is 4.50. The van der Waals surface area contributed by atoms with Gasteiger partial charge in [0.05, 0.1) is 28.0 Å². The zero-order valence-corrected chi connectivity index (χ0v) is 16.6. The molecule has 1 aliphatic carbocycles. The number of hydrogen-bond acceptors (Lipinski definition) is 5. The first-order chi connectivity index (χ1) is 13.2. The number of carboxylic acids is 1. The molecule has 28 heavy (non-hydrogen) atoms. The molecule has 1 aromatic carbocycles. The molecule has 0 amide bonds. The third kappa shape index (κ3) is 3.00. The molecule has 4 rings (SSSR count). The highest BCUT2D eigenvalue weighted by Crippen LogP contribution is 2.46. The van der Waals surface area contributed by atoms with E-state index in [-0.39, 0.29) is 27.5 Å². The van der Waals surface area contributed by atoms with Gasteiger partial charge in [-0.05, 0) is 37.0 Å². The SMILES string of the molecule is CCCOc1cc2c(cc1Cl)-c1c(cc(C(=O)O)c(=O)n1C1CC1)CS2(=O)=O. The highest BCUT2D eigenvalue weighted by atomic mass is 35.5. The number of carbonyl (C=O) groups is 1. The summed E-state index contributed by atoms with van der Waals surface area (Å²) in [6.07, 6.45) is 2.22. The summed E-state index contributed by atoms with van der Waals surface area (Å²) in [6, 6.07) is 3.94. The molecular formula is C19H18ClNO6S. The van der Waals surface area contributed by atoms with Crippen molar-refractivity contribution in [1.82, 2.24) is 4.57 Å². The van der Waals surface area contributed by atoms with E-state index >= 15 is 0 Å². The lowest BCUT2D eigenvalue weighted by molar-refractivity contribution is 0.0694. The van der Waals surface area contributed by atoms with Crippen LogP contribution in [-0.4, -0.2) is 30.7 Å². The van der Waals surface area contributed by atoms with Gasteiger partial charge in [-0.1, -0.05) is 18.5 Å². The van der Waals surface area contributed by atoms with E-state index in [1.165, 1.54) is 22.8 Å². The molecule has 0 radical (unpaired) electrons. The third-order valence-electron chi connectivity index (χ3n) is 4.89. The molecule has 1 aromatic heterocycles. The molecule has 0 atom stereocenters. The number of ether oxygens (including phenoxy) is 1. The van der Waals surface area contributed by atoms with Gasteiger partial charge in [-0.15, -0.1) is 0 Å². The molecule has 0 bridgehead atoms. The largest absolute Gasteiger partial charge is 0.492 e. The summed E-state index contributed by atoms with van der Waals surface area (Å²) in [5.41, 5.74) is 0.0109. The number of pyridine rings is 1. The number of halogens is 1. The lowest BCUT2D eigenvalue weighted by Crippen LogP contribution is -2.30. The lowest BCUT2D eigenvalue weighted by Gasteiger charge is -2.25. The van der Waals surface area contributed by atoms with Crippen LogP contribution in [0.5, 0.6) is 5.75 Å². The summed E-state index contributed by atoms with van der Waals surface area (Å²) >= 11 is 6.32. The fourth-order valence-electron chi connectivity index (χ4n) is 3.52. The van der Waals surface area contributed by atoms with E-state index in [4.69, 9.17) is 16.3 Å². The first-order valence-corrected chi connectivity index (χ1v) is 11.0. The molecule has 1 aliphatic heterocycles. The van der Waals surface area contributed by atoms with E-state index in [9.17, 15) is 23.1 Å². The summed E-state index contributed by atoms with van der Waals surface area (Å²) in [5, 5.41) is 9.62. The van der Waals surface area contributed by atoms with Gasteiger partial charge in [-0.3, -0.25) is 4.79 Å². The van der Waals surface area contributed by atoms with E-state index in [1.807, 2.05) is 6.92 Å². The van der Waals surface area contributed by atoms with Crippen LogP contribution in [0.1, 0.15) is 48.1 Å². The minimum Gasteiger partial charge on any atom is -0.492 e. The highest BCUT2D eigenvalue weighted by molar-refractivity contribution is 7.90. The maximum atomic E-state index is 12.9. The van der Waals surface area contributed by atoms with Gasteiger partial charge >= 0.3 is 5.97 Å². The molecule has 0 spiro atoms. The van der Waals surface area contributed by atoms with Crippen LogP contribution in [0.25, 0.3) is 11.3 Å². The molecule has 1 saturated carbocycles. The van der Waals surface area contributed by atoms with Gasteiger partial charge in [0.15, 0.2) is 9.84 Å². The zero-order chi connectivity index (χ0) is 20.2.